The van der Waals surface area contributed by atoms with Crippen molar-refractivity contribution >= 4 is 5.91 Å². The Balaban J connectivity index is 0. The van der Waals surface area contributed by atoms with E-state index in [-0.39, 0.29) is 30.4 Å². The number of carbonyl (C=O) groups is 1. The van der Waals surface area contributed by atoms with Crippen LogP contribution in [0.5, 0.6) is 0 Å². The first-order valence-electron chi connectivity index (χ1n) is 9.64. The number of nitrogens with zero attached hydrogens (tertiary/aromatic N) is 2. The smallest absolute Gasteiger partial charge is 0.668 e. The van der Waals surface area contributed by atoms with E-state index < -0.39 is 0 Å². The summed E-state index contributed by atoms with van der Waals surface area (Å²) in [5.74, 6) is 0.0799. The van der Waals surface area contributed by atoms with E-state index in [4.69, 9.17) is 14.2 Å². The monoisotopic (exact) mass is 424 g/mol. The average Bonchev–Trinajstić information content (AvgIpc) is 2.64. The first-order valence-corrected chi connectivity index (χ1v) is 9.64. The molecule has 0 atom stereocenters. The molecule has 0 unspecified atom stereocenters. The molecule has 27 heavy (non-hydrogen) atoms. The van der Waals surface area contributed by atoms with Gasteiger partial charge in [-0.1, -0.05) is 13.8 Å². The molecule has 1 fully saturated rings. The summed E-state index contributed by atoms with van der Waals surface area (Å²) < 4.78 is 16.4. The van der Waals surface area contributed by atoms with Gasteiger partial charge < -0.3 is 36.2 Å². The molecule has 1 N–H and O–H groups in total. The number of amides is 1. The van der Waals surface area contributed by atoms with Gasteiger partial charge in [0.2, 0.25) is 5.91 Å². The van der Waals surface area contributed by atoms with Gasteiger partial charge in [-0.2, -0.15) is 26.9 Å². The molecule has 1 amide bonds. The maximum absolute atomic E-state index is 11.3. The topological polar surface area (TPSA) is 74.1 Å². The Morgan fingerprint density at radius 2 is 1.48 bits per heavy atom. The zero-order chi connectivity index (χ0) is 19.5. The first-order chi connectivity index (χ1) is 12.6. The molecule has 1 radical (unpaired) electrons. The fourth-order valence-corrected chi connectivity index (χ4v) is 2.21. The summed E-state index contributed by atoms with van der Waals surface area (Å²) in [6.07, 6.45) is 4.75. The van der Waals surface area contributed by atoms with Crippen LogP contribution in [0.1, 0.15) is 26.7 Å². The Bertz CT molecular complexity index is 317. The standard InChI is InChI=1S/C17H33N2O4.C2H6N.V/c1-16(2)17(20)18-6-10-21-12-14-23-15-13-22-11-9-19-7-4-3-5-8-19;1-3-2;/h3,16H,4-15H2,1-2H3,(H,18,20);1-2H3;/q2*-1;+2. The van der Waals surface area contributed by atoms with E-state index in [1.807, 2.05) is 13.8 Å². The summed E-state index contributed by atoms with van der Waals surface area (Å²) in [5, 5.41) is 6.30. The Kier molecular flexibility index (Phi) is 23.8. The molecule has 1 heterocycles. The molecule has 1 saturated heterocycles. The SMILES string of the molecule is CC(C)C(=O)NCCOCCOCCOCCN1CC[CH-]CC1.C[N-]C.[V+2]. The third kappa shape index (κ3) is 20.4. The minimum Gasteiger partial charge on any atom is -0.668 e. The van der Waals surface area contributed by atoms with Gasteiger partial charge in [-0.25, -0.2) is 0 Å². The zero-order valence-corrected chi connectivity index (χ0v) is 19.0. The molecule has 0 spiro atoms. The van der Waals surface area contributed by atoms with Crippen LogP contribution in [0.15, 0.2) is 0 Å². The second-order valence-electron chi connectivity index (χ2n) is 6.44. The van der Waals surface area contributed by atoms with Crippen LogP contribution in [0.3, 0.4) is 0 Å². The quantitative estimate of drug-likeness (QED) is 0.360. The summed E-state index contributed by atoms with van der Waals surface area (Å²) >= 11 is 0. The van der Waals surface area contributed by atoms with Crippen LogP contribution >= 0.6 is 0 Å². The normalized spacial score (nSPS) is 14.3. The van der Waals surface area contributed by atoms with Crippen molar-refractivity contribution in [3.63, 3.8) is 0 Å². The molecule has 1 aliphatic rings. The molecule has 7 nitrogen and oxygen atoms in total. The van der Waals surface area contributed by atoms with Crippen LogP contribution in [0.4, 0.5) is 0 Å². The van der Waals surface area contributed by atoms with Gasteiger partial charge in [0.1, 0.15) is 0 Å². The molecule has 1 rings (SSSR count). The van der Waals surface area contributed by atoms with Gasteiger partial charge >= 0.3 is 18.6 Å². The second-order valence-corrected chi connectivity index (χ2v) is 6.44. The fraction of sp³-hybridized carbons (Fsp3) is 0.895. The predicted octanol–water partition coefficient (Wildman–Crippen LogP) is 1.73. The molecular formula is C19H39N3O4V. The molecular weight excluding hydrogens is 385 g/mol. The van der Waals surface area contributed by atoms with Gasteiger partial charge in [0.05, 0.1) is 39.6 Å². The molecule has 0 saturated carbocycles. The third-order valence-electron chi connectivity index (χ3n) is 3.66. The van der Waals surface area contributed by atoms with E-state index in [1.54, 1.807) is 14.1 Å². The Morgan fingerprint density at radius 1 is 1.00 bits per heavy atom. The van der Waals surface area contributed by atoms with Crippen LogP contribution < -0.4 is 5.32 Å². The Hall–Kier alpha value is -0.146. The van der Waals surface area contributed by atoms with Crippen molar-refractivity contribution in [3.8, 4) is 0 Å². The summed E-state index contributed by atoms with van der Waals surface area (Å²) in [6.45, 7) is 11.3. The number of carbonyl (C=O) groups excluding carboxylic acids is 1. The maximum Gasteiger partial charge on any atom is 2.00 e. The molecule has 0 aromatic rings. The van der Waals surface area contributed by atoms with E-state index in [1.165, 1.54) is 12.8 Å². The average molecular weight is 424 g/mol. The molecule has 0 aromatic carbocycles. The van der Waals surface area contributed by atoms with Crippen molar-refractivity contribution in [2.45, 2.75) is 26.7 Å². The number of rotatable bonds is 13. The summed E-state index contributed by atoms with van der Waals surface area (Å²) in [5.41, 5.74) is 0. The minimum atomic E-state index is 0. The molecule has 1 aliphatic heterocycles. The number of hydrogen-bond acceptors (Lipinski definition) is 5. The van der Waals surface area contributed by atoms with Crippen LogP contribution in [0, 0.1) is 12.3 Å². The van der Waals surface area contributed by atoms with Gasteiger partial charge in [0.25, 0.3) is 0 Å². The largest absolute Gasteiger partial charge is 2.00 e. The summed E-state index contributed by atoms with van der Waals surface area (Å²) in [7, 11) is 3.50. The van der Waals surface area contributed by atoms with Gasteiger partial charge in [0.15, 0.2) is 0 Å². The van der Waals surface area contributed by atoms with Gasteiger partial charge in [-0.15, -0.1) is 0 Å². The second kappa shape index (κ2) is 22.1. The van der Waals surface area contributed by atoms with E-state index >= 15 is 0 Å². The zero-order valence-electron chi connectivity index (χ0n) is 17.6. The molecule has 0 aromatic heterocycles. The van der Waals surface area contributed by atoms with Crippen molar-refractivity contribution in [2.75, 3.05) is 79.9 Å². The Morgan fingerprint density at radius 3 is 2.00 bits per heavy atom. The van der Waals surface area contributed by atoms with E-state index in [2.05, 4.69) is 22.0 Å². The van der Waals surface area contributed by atoms with E-state index in [0.717, 1.165) is 26.2 Å². The molecule has 0 aliphatic carbocycles. The van der Waals surface area contributed by atoms with Crippen molar-refractivity contribution < 1.29 is 37.6 Å². The fourth-order valence-electron chi connectivity index (χ4n) is 2.21. The molecule has 0 bridgehead atoms. The Labute approximate surface area is 178 Å². The van der Waals surface area contributed by atoms with Crippen molar-refractivity contribution in [1.29, 1.82) is 0 Å². The number of hydrogen-bond donors (Lipinski definition) is 1. The molecule has 159 valence electrons. The van der Waals surface area contributed by atoms with E-state index in [0.29, 0.717) is 39.6 Å². The van der Waals surface area contributed by atoms with Crippen molar-refractivity contribution in [1.82, 2.24) is 10.2 Å². The van der Waals surface area contributed by atoms with E-state index in [9.17, 15) is 4.79 Å². The first kappa shape index (κ1) is 29.1. The summed E-state index contributed by atoms with van der Waals surface area (Å²) in [4.78, 5) is 13.7. The number of ether oxygens (including phenoxy) is 3. The predicted molar refractivity (Wildman–Crippen MR) is 105 cm³/mol. The molecule has 8 heteroatoms. The number of nitrogens with one attached hydrogen (secondary N) is 1. The van der Waals surface area contributed by atoms with Crippen molar-refractivity contribution in [2.24, 2.45) is 5.92 Å². The van der Waals surface area contributed by atoms with Crippen LogP contribution in [0.2, 0.25) is 0 Å². The van der Waals surface area contributed by atoms with Gasteiger partial charge in [-0.3, -0.25) is 4.79 Å². The number of likely N-dealkylation sites (tertiary alicyclic amines) is 1. The van der Waals surface area contributed by atoms with Gasteiger partial charge in [0, 0.05) is 19.0 Å². The summed E-state index contributed by atoms with van der Waals surface area (Å²) in [6, 6.07) is 0. The maximum atomic E-state index is 11.3. The minimum absolute atomic E-state index is 0. The number of piperidine rings is 1. The van der Waals surface area contributed by atoms with Crippen molar-refractivity contribution in [3.05, 3.63) is 11.7 Å². The third-order valence-corrected chi connectivity index (χ3v) is 3.66. The van der Waals surface area contributed by atoms with Crippen LogP contribution in [0.25, 0.3) is 5.32 Å². The van der Waals surface area contributed by atoms with Crippen LogP contribution in [-0.2, 0) is 37.6 Å². The van der Waals surface area contributed by atoms with Crippen LogP contribution in [-0.4, -0.2) is 90.7 Å². The van der Waals surface area contributed by atoms with Gasteiger partial charge in [-0.05, 0) is 13.1 Å².